The predicted molar refractivity (Wildman–Crippen MR) is 88.9 cm³/mol. The number of fused-ring (bicyclic) bond motifs is 1. The van der Waals surface area contributed by atoms with E-state index in [1.807, 2.05) is 12.1 Å². The molecule has 22 heavy (non-hydrogen) atoms. The quantitative estimate of drug-likeness (QED) is 0.374. The fraction of sp³-hybridized carbons (Fsp3) is 0.0625. The standard InChI is InChI=1S/C16H9Cl3N2O/c17-10-7-5-9(6-8-10)13(18)14(22)16-20-12-4-2-1-3-11(12)15(19)21-16/h1-8,13H. The van der Waals surface area contributed by atoms with Crippen molar-refractivity contribution in [3.8, 4) is 0 Å². The zero-order valence-electron chi connectivity index (χ0n) is 11.1. The number of para-hydroxylation sites is 1. The molecule has 0 N–H and O–H groups in total. The number of carbonyl (C=O) groups excluding carboxylic acids is 1. The van der Waals surface area contributed by atoms with Crippen LogP contribution in [0.3, 0.4) is 0 Å². The molecule has 0 aliphatic rings. The lowest BCUT2D eigenvalue weighted by atomic mass is 10.1. The third kappa shape index (κ3) is 2.93. The number of hydrogen-bond donors (Lipinski definition) is 0. The summed E-state index contributed by atoms with van der Waals surface area (Å²) in [6, 6.07) is 13.9. The highest BCUT2D eigenvalue weighted by Crippen LogP contribution is 2.27. The molecule has 3 nitrogen and oxygen atoms in total. The molecular formula is C16H9Cl3N2O. The first-order valence-electron chi connectivity index (χ1n) is 6.42. The van der Waals surface area contributed by atoms with E-state index in [-0.39, 0.29) is 11.0 Å². The number of nitrogens with zero attached hydrogens (tertiary/aromatic N) is 2. The minimum absolute atomic E-state index is 0.00125. The summed E-state index contributed by atoms with van der Waals surface area (Å²) >= 11 is 18.2. The minimum Gasteiger partial charge on any atom is -0.289 e. The molecule has 0 aliphatic carbocycles. The Kier molecular flexibility index (Phi) is 4.30. The summed E-state index contributed by atoms with van der Waals surface area (Å²) in [5.41, 5.74) is 1.23. The predicted octanol–water partition coefficient (Wildman–Crippen LogP) is 5.10. The van der Waals surface area contributed by atoms with Crippen molar-refractivity contribution < 1.29 is 4.79 Å². The van der Waals surface area contributed by atoms with Gasteiger partial charge in [-0.25, -0.2) is 9.97 Å². The zero-order chi connectivity index (χ0) is 15.7. The fourth-order valence-electron chi connectivity index (χ4n) is 2.04. The number of aromatic nitrogens is 2. The van der Waals surface area contributed by atoms with Gasteiger partial charge < -0.3 is 0 Å². The molecular weight excluding hydrogens is 343 g/mol. The highest BCUT2D eigenvalue weighted by molar-refractivity contribution is 6.35. The first-order chi connectivity index (χ1) is 10.6. The van der Waals surface area contributed by atoms with Gasteiger partial charge in [0.1, 0.15) is 10.5 Å². The smallest absolute Gasteiger partial charge is 0.222 e. The molecule has 0 radical (unpaired) electrons. The van der Waals surface area contributed by atoms with Crippen LogP contribution in [0.15, 0.2) is 48.5 Å². The zero-order valence-corrected chi connectivity index (χ0v) is 13.4. The van der Waals surface area contributed by atoms with Crippen molar-refractivity contribution in [1.82, 2.24) is 9.97 Å². The monoisotopic (exact) mass is 350 g/mol. The number of ketones is 1. The van der Waals surface area contributed by atoms with Crippen LogP contribution in [0.2, 0.25) is 10.2 Å². The van der Waals surface area contributed by atoms with Crippen molar-refractivity contribution in [2.75, 3.05) is 0 Å². The summed E-state index contributed by atoms with van der Waals surface area (Å²) in [6.07, 6.45) is 0. The lowest BCUT2D eigenvalue weighted by Gasteiger charge is -2.09. The summed E-state index contributed by atoms with van der Waals surface area (Å²) in [4.78, 5) is 20.8. The van der Waals surface area contributed by atoms with Crippen LogP contribution < -0.4 is 0 Å². The lowest BCUT2D eigenvalue weighted by Crippen LogP contribution is -2.12. The number of hydrogen-bond acceptors (Lipinski definition) is 3. The maximum absolute atomic E-state index is 12.5. The molecule has 0 amide bonds. The number of halogens is 3. The molecule has 3 rings (SSSR count). The Labute approximate surface area is 141 Å². The van der Waals surface area contributed by atoms with Crippen molar-refractivity contribution in [1.29, 1.82) is 0 Å². The summed E-state index contributed by atoms with van der Waals surface area (Å²) in [5, 5.41) is 0.604. The summed E-state index contributed by atoms with van der Waals surface area (Å²) in [5.74, 6) is -0.407. The summed E-state index contributed by atoms with van der Waals surface area (Å²) < 4.78 is 0. The van der Waals surface area contributed by atoms with Crippen molar-refractivity contribution >= 4 is 51.5 Å². The Hall–Kier alpha value is -1.68. The van der Waals surface area contributed by atoms with E-state index in [0.29, 0.717) is 21.5 Å². The number of carbonyl (C=O) groups is 1. The van der Waals surface area contributed by atoms with E-state index in [9.17, 15) is 4.79 Å². The molecule has 6 heteroatoms. The van der Waals surface area contributed by atoms with Crippen molar-refractivity contribution in [3.63, 3.8) is 0 Å². The molecule has 0 saturated carbocycles. The van der Waals surface area contributed by atoms with Crippen LogP contribution in [-0.2, 0) is 0 Å². The Balaban J connectivity index is 1.99. The van der Waals surface area contributed by atoms with Gasteiger partial charge in [0.25, 0.3) is 0 Å². The largest absolute Gasteiger partial charge is 0.289 e. The molecule has 3 aromatic rings. The molecule has 0 aliphatic heterocycles. The lowest BCUT2D eigenvalue weighted by molar-refractivity contribution is 0.0977. The maximum Gasteiger partial charge on any atom is 0.222 e. The van der Waals surface area contributed by atoms with Crippen molar-refractivity contribution in [3.05, 3.63) is 70.1 Å². The van der Waals surface area contributed by atoms with Gasteiger partial charge in [-0.15, -0.1) is 11.6 Å². The minimum atomic E-state index is -0.894. The van der Waals surface area contributed by atoms with Gasteiger partial charge in [-0.1, -0.05) is 47.5 Å². The van der Waals surface area contributed by atoms with Crippen LogP contribution in [0.5, 0.6) is 0 Å². The third-order valence-corrected chi connectivity index (χ3v) is 4.16. The second kappa shape index (κ2) is 6.21. The topological polar surface area (TPSA) is 42.9 Å². The van der Waals surface area contributed by atoms with Gasteiger partial charge in [0.2, 0.25) is 5.78 Å². The summed E-state index contributed by atoms with van der Waals surface area (Å²) in [7, 11) is 0. The van der Waals surface area contributed by atoms with Crippen LogP contribution in [-0.4, -0.2) is 15.8 Å². The molecule has 1 unspecified atom stereocenters. The molecule has 0 saturated heterocycles. The number of Topliss-reactive ketones (excluding diaryl/α,β-unsaturated/α-hetero) is 1. The normalized spacial score (nSPS) is 12.3. The molecule has 110 valence electrons. The number of rotatable bonds is 3. The first-order valence-corrected chi connectivity index (χ1v) is 7.61. The van der Waals surface area contributed by atoms with Crippen LogP contribution >= 0.6 is 34.8 Å². The molecule has 2 aromatic carbocycles. The number of alkyl halides is 1. The second-order valence-electron chi connectivity index (χ2n) is 4.63. The molecule has 1 aromatic heterocycles. The van der Waals surface area contributed by atoms with E-state index in [2.05, 4.69) is 9.97 Å². The van der Waals surface area contributed by atoms with E-state index in [4.69, 9.17) is 34.8 Å². The van der Waals surface area contributed by atoms with Gasteiger partial charge in [0.05, 0.1) is 5.52 Å². The highest BCUT2D eigenvalue weighted by Gasteiger charge is 2.23. The van der Waals surface area contributed by atoms with Gasteiger partial charge in [-0.3, -0.25) is 4.79 Å². The Morgan fingerprint density at radius 1 is 0.955 bits per heavy atom. The highest BCUT2D eigenvalue weighted by atomic mass is 35.5. The van der Waals surface area contributed by atoms with Gasteiger partial charge >= 0.3 is 0 Å². The summed E-state index contributed by atoms with van der Waals surface area (Å²) in [6.45, 7) is 0. The molecule has 0 spiro atoms. The van der Waals surface area contributed by atoms with Crippen LogP contribution in [0.1, 0.15) is 21.6 Å². The van der Waals surface area contributed by atoms with E-state index in [0.717, 1.165) is 0 Å². The molecule has 0 fully saturated rings. The Morgan fingerprint density at radius 2 is 1.64 bits per heavy atom. The van der Waals surface area contributed by atoms with E-state index in [1.165, 1.54) is 0 Å². The average Bonchev–Trinajstić information content (AvgIpc) is 2.54. The molecule has 1 heterocycles. The first kappa shape index (κ1) is 15.2. The van der Waals surface area contributed by atoms with Crippen molar-refractivity contribution in [2.24, 2.45) is 0 Å². The van der Waals surface area contributed by atoms with Crippen LogP contribution in [0.25, 0.3) is 10.9 Å². The van der Waals surface area contributed by atoms with Crippen molar-refractivity contribution in [2.45, 2.75) is 5.38 Å². The van der Waals surface area contributed by atoms with Gasteiger partial charge in [-0.05, 0) is 29.8 Å². The van der Waals surface area contributed by atoms with Gasteiger partial charge in [0.15, 0.2) is 5.82 Å². The van der Waals surface area contributed by atoms with E-state index in [1.54, 1.807) is 36.4 Å². The Bertz CT molecular complexity index is 850. The molecule has 0 bridgehead atoms. The molecule has 1 atom stereocenters. The second-order valence-corrected chi connectivity index (χ2v) is 5.86. The number of benzene rings is 2. The van der Waals surface area contributed by atoms with E-state index >= 15 is 0 Å². The maximum atomic E-state index is 12.5. The Morgan fingerprint density at radius 3 is 2.36 bits per heavy atom. The third-order valence-electron chi connectivity index (χ3n) is 3.17. The average molecular weight is 352 g/mol. The van der Waals surface area contributed by atoms with Crippen LogP contribution in [0.4, 0.5) is 0 Å². The van der Waals surface area contributed by atoms with Gasteiger partial charge in [-0.2, -0.15) is 0 Å². The van der Waals surface area contributed by atoms with Gasteiger partial charge in [0, 0.05) is 10.4 Å². The van der Waals surface area contributed by atoms with Crippen LogP contribution in [0, 0.1) is 0 Å². The fourth-order valence-corrected chi connectivity index (χ4v) is 2.65. The SMILES string of the molecule is O=C(c1nc(Cl)c2ccccc2n1)C(Cl)c1ccc(Cl)cc1. The van der Waals surface area contributed by atoms with E-state index < -0.39 is 11.2 Å².